The lowest BCUT2D eigenvalue weighted by Gasteiger charge is -2.39. The molecule has 6 heteroatoms. The maximum atomic E-state index is 10.9. The minimum atomic E-state index is -0.314. The number of hydrogen-bond acceptors (Lipinski definition) is 5. The lowest BCUT2D eigenvalue weighted by Crippen LogP contribution is -2.51. The third-order valence-corrected chi connectivity index (χ3v) is 3.58. The van der Waals surface area contributed by atoms with E-state index in [0.717, 1.165) is 25.9 Å². The van der Waals surface area contributed by atoms with Crippen molar-refractivity contribution in [2.75, 3.05) is 33.3 Å². The van der Waals surface area contributed by atoms with Crippen molar-refractivity contribution in [3.05, 3.63) is 0 Å². The molecule has 17 heavy (non-hydrogen) atoms. The van der Waals surface area contributed by atoms with Crippen molar-refractivity contribution in [3.8, 4) is 0 Å². The zero-order valence-electron chi connectivity index (χ0n) is 10.2. The molecule has 2 rings (SSSR count). The number of nitrogens with one attached hydrogen (secondary N) is 1. The fourth-order valence-corrected chi connectivity index (χ4v) is 2.56. The number of nitrogens with two attached hydrogens (primary N) is 1. The Morgan fingerprint density at radius 3 is 3.06 bits per heavy atom. The molecule has 3 atom stereocenters. The quantitative estimate of drug-likeness (QED) is 0.698. The zero-order chi connectivity index (χ0) is 12.3. The first-order chi connectivity index (χ1) is 8.22. The number of carbonyl (C=O) groups is 1. The number of alkyl carbamates (subject to hydrolysis) is 1. The fourth-order valence-electron chi connectivity index (χ4n) is 2.56. The fraction of sp³-hybridized carbons (Fsp3) is 0.909. The Labute approximate surface area is 101 Å². The summed E-state index contributed by atoms with van der Waals surface area (Å²) in [5.41, 5.74) is 5.79. The van der Waals surface area contributed by atoms with E-state index < -0.39 is 0 Å². The van der Waals surface area contributed by atoms with Crippen LogP contribution in [0.15, 0.2) is 0 Å². The van der Waals surface area contributed by atoms with Crippen molar-refractivity contribution in [2.24, 2.45) is 5.73 Å². The maximum Gasteiger partial charge on any atom is 0.407 e. The lowest BCUT2D eigenvalue weighted by molar-refractivity contribution is -0.000685. The molecule has 2 aliphatic heterocycles. The molecule has 0 aliphatic carbocycles. The molecule has 2 aliphatic rings. The number of methoxy groups -OCH3 is 1. The van der Waals surface area contributed by atoms with Gasteiger partial charge in [-0.15, -0.1) is 0 Å². The molecule has 1 amide bonds. The van der Waals surface area contributed by atoms with Gasteiger partial charge in [0.15, 0.2) is 0 Å². The highest BCUT2D eigenvalue weighted by atomic mass is 16.6. The molecule has 0 aromatic carbocycles. The van der Waals surface area contributed by atoms with E-state index in [4.69, 9.17) is 15.2 Å². The lowest BCUT2D eigenvalue weighted by atomic mass is 9.99. The topological polar surface area (TPSA) is 76.8 Å². The summed E-state index contributed by atoms with van der Waals surface area (Å²) in [6.07, 6.45) is 1.92. The number of likely N-dealkylation sites (tertiary alicyclic amines) is 1. The number of cyclic esters (lactones) is 1. The molecule has 2 fully saturated rings. The van der Waals surface area contributed by atoms with Crippen molar-refractivity contribution < 1.29 is 14.3 Å². The van der Waals surface area contributed by atoms with Gasteiger partial charge >= 0.3 is 6.09 Å². The average molecular weight is 243 g/mol. The third kappa shape index (κ3) is 3.08. The van der Waals surface area contributed by atoms with E-state index in [-0.39, 0.29) is 12.2 Å². The van der Waals surface area contributed by atoms with Gasteiger partial charge in [-0.25, -0.2) is 4.79 Å². The van der Waals surface area contributed by atoms with Crippen LogP contribution in [0.2, 0.25) is 0 Å². The van der Waals surface area contributed by atoms with Gasteiger partial charge in [0.1, 0.15) is 6.10 Å². The molecular formula is C11H21N3O3. The van der Waals surface area contributed by atoms with Crippen molar-refractivity contribution in [3.63, 3.8) is 0 Å². The summed E-state index contributed by atoms with van der Waals surface area (Å²) in [4.78, 5) is 13.3. The van der Waals surface area contributed by atoms with Gasteiger partial charge in [-0.1, -0.05) is 0 Å². The van der Waals surface area contributed by atoms with E-state index in [0.29, 0.717) is 25.2 Å². The van der Waals surface area contributed by atoms with Crippen LogP contribution in [0.5, 0.6) is 0 Å². The Morgan fingerprint density at radius 2 is 2.47 bits per heavy atom. The first-order valence-corrected chi connectivity index (χ1v) is 6.14. The van der Waals surface area contributed by atoms with Gasteiger partial charge in [-0.2, -0.15) is 0 Å². The zero-order valence-corrected chi connectivity index (χ0v) is 10.2. The maximum absolute atomic E-state index is 10.9. The van der Waals surface area contributed by atoms with E-state index in [1.54, 1.807) is 7.11 Å². The molecule has 3 N–H and O–H groups in total. The first kappa shape index (κ1) is 12.6. The normalized spacial score (nSPS) is 34.5. The van der Waals surface area contributed by atoms with E-state index in [1.807, 2.05) is 0 Å². The average Bonchev–Trinajstić information content (AvgIpc) is 2.75. The molecule has 0 spiro atoms. The van der Waals surface area contributed by atoms with Crippen LogP contribution in [0.4, 0.5) is 4.79 Å². The summed E-state index contributed by atoms with van der Waals surface area (Å²) >= 11 is 0. The van der Waals surface area contributed by atoms with E-state index >= 15 is 0 Å². The number of nitrogens with zero attached hydrogens (tertiary/aromatic N) is 1. The second-order valence-corrected chi connectivity index (χ2v) is 4.67. The molecule has 6 nitrogen and oxygen atoms in total. The molecular weight excluding hydrogens is 222 g/mol. The summed E-state index contributed by atoms with van der Waals surface area (Å²) in [6, 6.07) is 0.327. The smallest absolute Gasteiger partial charge is 0.407 e. The standard InChI is InChI=1S/C11H21N3O3/c1-16-9-2-3-14(8(4-9)5-12)7-10-6-13-11(15)17-10/h8-10H,2-7,12H2,1H3,(H,13,15). The Balaban J connectivity index is 1.85. The molecule has 0 saturated carbocycles. The third-order valence-electron chi connectivity index (χ3n) is 3.58. The minimum absolute atomic E-state index is 0.0457. The summed E-state index contributed by atoms with van der Waals surface area (Å²) in [6.45, 7) is 2.93. The monoisotopic (exact) mass is 243 g/mol. The van der Waals surface area contributed by atoms with Gasteiger partial charge < -0.3 is 20.5 Å². The number of rotatable bonds is 4. The molecule has 0 aromatic heterocycles. The summed E-state index contributed by atoms with van der Waals surface area (Å²) in [5, 5.41) is 2.67. The van der Waals surface area contributed by atoms with Gasteiger partial charge in [0.2, 0.25) is 0 Å². The molecule has 3 unspecified atom stereocenters. The molecule has 2 saturated heterocycles. The second-order valence-electron chi connectivity index (χ2n) is 4.67. The van der Waals surface area contributed by atoms with Crippen LogP contribution in [-0.4, -0.2) is 62.5 Å². The predicted octanol–water partition coefficient (Wildman–Crippen LogP) is -0.467. The van der Waals surface area contributed by atoms with E-state index in [1.165, 1.54) is 0 Å². The highest BCUT2D eigenvalue weighted by Crippen LogP contribution is 2.20. The molecule has 2 heterocycles. The van der Waals surface area contributed by atoms with Crippen LogP contribution in [-0.2, 0) is 9.47 Å². The van der Waals surface area contributed by atoms with Gasteiger partial charge in [-0.3, -0.25) is 4.90 Å². The number of carbonyl (C=O) groups excluding carboxylic acids is 1. The van der Waals surface area contributed by atoms with Gasteiger partial charge in [-0.05, 0) is 12.8 Å². The summed E-state index contributed by atoms with van der Waals surface area (Å²) < 4.78 is 10.5. The Kier molecular flexibility index (Phi) is 4.20. The van der Waals surface area contributed by atoms with Gasteiger partial charge in [0.25, 0.3) is 0 Å². The Morgan fingerprint density at radius 1 is 1.65 bits per heavy atom. The van der Waals surface area contributed by atoms with Crippen LogP contribution in [0.25, 0.3) is 0 Å². The molecule has 98 valence electrons. The van der Waals surface area contributed by atoms with Crippen molar-refractivity contribution in [1.29, 1.82) is 0 Å². The van der Waals surface area contributed by atoms with Gasteiger partial charge in [0.05, 0.1) is 12.6 Å². The highest BCUT2D eigenvalue weighted by molar-refractivity contribution is 5.69. The molecule has 0 aromatic rings. The van der Waals surface area contributed by atoms with Crippen molar-refractivity contribution in [2.45, 2.75) is 31.1 Å². The number of piperidine rings is 1. The van der Waals surface area contributed by atoms with E-state index in [9.17, 15) is 4.79 Å². The van der Waals surface area contributed by atoms with Crippen molar-refractivity contribution >= 4 is 6.09 Å². The minimum Gasteiger partial charge on any atom is -0.443 e. The second kappa shape index (κ2) is 5.66. The van der Waals surface area contributed by atoms with Crippen LogP contribution in [0.1, 0.15) is 12.8 Å². The Hall–Kier alpha value is -0.850. The van der Waals surface area contributed by atoms with Crippen LogP contribution >= 0.6 is 0 Å². The summed E-state index contributed by atoms with van der Waals surface area (Å²) in [5.74, 6) is 0. The molecule has 0 radical (unpaired) electrons. The van der Waals surface area contributed by atoms with Crippen LogP contribution in [0, 0.1) is 0 Å². The predicted molar refractivity (Wildman–Crippen MR) is 62.7 cm³/mol. The van der Waals surface area contributed by atoms with Crippen molar-refractivity contribution in [1.82, 2.24) is 10.2 Å². The number of hydrogen-bond donors (Lipinski definition) is 2. The van der Waals surface area contributed by atoms with Crippen LogP contribution in [0.3, 0.4) is 0 Å². The highest BCUT2D eigenvalue weighted by Gasteiger charge is 2.32. The van der Waals surface area contributed by atoms with E-state index in [2.05, 4.69) is 10.2 Å². The molecule has 0 bridgehead atoms. The number of ether oxygens (including phenoxy) is 2. The first-order valence-electron chi connectivity index (χ1n) is 6.14. The Bertz CT molecular complexity index is 275. The summed E-state index contributed by atoms with van der Waals surface area (Å²) in [7, 11) is 1.75. The van der Waals surface area contributed by atoms with Crippen LogP contribution < -0.4 is 11.1 Å². The SMILES string of the molecule is COC1CCN(CC2CNC(=O)O2)C(CN)C1. The van der Waals surface area contributed by atoms with Gasteiger partial charge in [0, 0.05) is 32.8 Å². The number of amides is 1. The largest absolute Gasteiger partial charge is 0.443 e.